The highest BCUT2D eigenvalue weighted by Gasteiger charge is 2.31. The van der Waals surface area contributed by atoms with E-state index in [2.05, 4.69) is 10.3 Å². The van der Waals surface area contributed by atoms with Crippen molar-refractivity contribution < 1.29 is 23.0 Å². The fraction of sp³-hybridized carbons (Fsp3) is 0.364. The van der Waals surface area contributed by atoms with Crippen LogP contribution in [0.25, 0.3) is 5.69 Å². The van der Waals surface area contributed by atoms with E-state index in [0.717, 1.165) is 5.56 Å². The summed E-state index contributed by atoms with van der Waals surface area (Å²) < 4.78 is 38.8. The molecule has 0 bridgehead atoms. The van der Waals surface area contributed by atoms with E-state index in [4.69, 9.17) is 9.47 Å². The van der Waals surface area contributed by atoms with Crippen LogP contribution in [0, 0.1) is 13.8 Å². The minimum atomic E-state index is -4.12. The van der Waals surface area contributed by atoms with Gasteiger partial charge in [-0.3, -0.25) is 0 Å². The molecule has 0 spiro atoms. The number of aromatic nitrogens is 3. The first-order valence-electron chi connectivity index (χ1n) is 9.66. The van der Waals surface area contributed by atoms with Gasteiger partial charge in [0.1, 0.15) is 27.8 Å². The zero-order chi connectivity index (χ0) is 23.1. The molecule has 0 aliphatic carbocycles. The standard InChI is InChI=1S/C22H27N3O5S/c1-13-16(22(3,4)5)9-11-19(20(13)26)31(27,28)21-14(2)25(24-23-21)17-12-15(29-6)8-10-18(17)30-7/h8-12,26H,1-7H3. The number of phenolic OH excluding ortho intramolecular Hbond substituents is 1. The number of ether oxygens (including phenoxy) is 2. The van der Waals surface area contributed by atoms with Crippen LogP contribution in [-0.4, -0.2) is 42.7 Å². The Morgan fingerprint density at radius 1 is 1.03 bits per heavy atom. The average Bonchev–Trinajstić information content (AvgIpc) is 3.10. The van der Waals surface area contributed by atoms with E-state index in [9.17, 15) is 13.5 Å². The maximum Gasteiger partial charge on any atom is 0.231 e. The van der Waals surface area contributed by atoms with Gasteiger partial charge in [0.2, 0.25) is 14.9 Å². The predicted molar refractivity (Wildman–Crippen MR) is 116 cm³/mol. The van der Waals surface area contributed by atoms with Crippen molar-refractivity contribution >= 4 is 9.84 Å². The Morgan fingerprint density at radius 2 is 1.71 bits per heavy atom. The molecule has 9 heteroatoms. The molecule has 1 aromatic heterocycles. The Balaban J connectivity index is 2.16. The third-order valence-electron chi connectivity index (χ3n) is 5.21. The molecule has 0 saturated carbocycles. The van der Waals surface area contributed by atoms with Crippen molar-refractivity contribution in [1.29, 1.82) is 0 Å². The maximum absolute atomic E-state index is 13.4. The number of nitrogens with zero attached hydrogens (tertiary/aromatic N) is 3. The maximum atomic E-state index is 13.4. The van der Waals surface area contributed by atoms with Gasteiger partial charge in [-0.05, 0) is 48.6 Å². The van der Waals surface area contributed by atoms with E-state index in [1.807, 2.05) is 20.8 Å². The first kappa shape index (κ1) is 22.6. The molecule has 8 nitrogen and oxygen atoms in total. The number of sulfone groups is 1. The number of aromatic hydroxyl groups is 1. The SMILES string of the molecule is COc1ccc(OC)c(-n2nnc(S(=O)(=O)c3ccc(C(C)(C)C)c(C)c3O)c2C)c1. The van der Waals surface area contributed by atoms with Crippen LogP contribution in [0.5, 0.6) is 17.2 Å². The Hall–Kier alpha value is -3.07. The molecule has 0 radical (unpaired) electrons. The molecule has 0 unspecified atom stereocenters. The van der Waals surface area contributed by atoms with Gasteiger partial charge in [0.15, 0.2) is 0 Å². The van der Waals surface area contributed by atoms with Crippen molar-refractivity contribution in [2.24, 2.45) is 0 Å². The van der Waals surface area contributed by atoms with Gasteiger partial charge in [-0.1, -0.05) is 32.1 Å². The summed E-state index contributed by atoms with van der Waals surface area (Å²) in [6, 6.07) is 8.25. The second kappa shape index (κ2) is 7.88. The molecular weight excluding hydrogens is 418 g/mol. The van der Waals surface area contributed by atoms with E-state index < -0.39 is 9.84 Å². The van der Waals surface area contributed by atoms with E-state index in [-0.39, 0.29) is 26.8 Å². The van der Waals surface area contributed by atoms with Crippen molar-refractivity contribution in [2.45, 2.75) is 50.0 Å². The minimum absolute atomic E-state index is 0.203. The highest BCUT2D eigenvalue weighted by atomic mass is 32.2. The summed E-state index contributed by atoms with van der Waals surface area (Å²) in [6.45, 7) is 9.31. The molecule has 3 aromatic rings. The zero-order valence-corrected chi connectivity index (χ0v) is 19.5. The molecule has 166 valence electrons. The molecular formula is C22H27N3O5S. The summed E-state index contributed by atoms with van der Waals surface area (Å²) >= 11 is 0. The highest BCUT2D eigenvalue weighted by molar-refractivity contribution is 7.91. The highest BCUT2D eigenvalue weighted by Crippen LogP contribution is 2.38. The lowest BCUT2D eigenvalue weighted by Crippen LogP contribution is -2.14. The topological polar surface area (TPSA) is 104 Å². The largest absolute Gasteiger partial charge is 0.506 e. The van der Waals surface area contributed by atoms with Gasteiger partial charge in [-0.2, -0.15) is 0 Å². The molecule has 1 N–H and O–H groups in total. The summed E-state index contributed by atoms with van der Waals surface area (Å²) in [5.74, 6) is 0.757. The summed E-state index contributed by atoms with van der Waals surface area (Å²) in [6.07, 6.45) is 0. The lowest BCUT2D eigenvalue weighted by molar-refractivity contribution is 0.400. The molecule has 0 aliphatic rings. The number of phenols is 1. The second-order valence-electron chi connectivity index (χ2n) is 8.27. The molecule has 0 aliphatic heterocycles. The van der Waals surface area contributed by atoms with Crippen molar-refractivity contribution in [3.05, 3.63) is 47.2 Å². The smallest absolute Gasteiger partial charge is 0.231 e. The van der Waals surface area contributed by atoms with Gasteiger partial charge in [-0.25, -0.2) is 13.1 Å². The number of benzene rings is 2. The summed E-state index contributed by atoms with van der Waals surface area (Å²) in [5, 5.41) is 18.5. The zero-order valence-electron chi connectivity index (χ0n) is 18.7. The summed E-state index contributed by atoms with van der Waals surface area (Å²) in [4.78, 5) is -0.203. The van der Waals surface area contributed by atoms with Crippen molar-refractivity contribution in [3.63, 3.8) is 0 Å². The Morgan fingerprint density at radius 3 is 2.29 bits per heavy atom. The van der Waals surface area contributed by atoms with E-state index in [0.29, 0.717) is 22.7 Å². The lowest BCUT2D eigenvalue weighted by Gasteiger charge is -2.23. The quantitative estimate of drug-likeness (QED) is 0.638. The van der Waals surface area contributed by atoms with E-state index >= 15 is 0 Å². The van der Waals surface area contributed by atoms with Crippen LogP contribution in [0.15, 0.2) is 40.3 Å². The van der Waals surface area contributed by atoms with Crippen molar-refractivity contribution in [2.75, 3.05) is 14.2 Å². The van der Waals surface area contributed by atoms with Crippen molar-refractivity contribution in [1.82, 2.24) is 15.0 Å². The molecule has 0 saturated heterocycles. The van der Waals surface area contributed by atoms with Gasteiger partial charge in [-0.15, -0.1) is 5.10 Å². The molecule has 1 heterocycles. The first-order valence-corrected chi connectivity index (χ1v) is 11.1. The lowest BCUT2D eigenvalue weighted by atomic mass is 9.84. The molecule has 2 aromatic carbocycles. The fourth-order valence-electron chi connectivity index (χ4n) is 3.56. The summed E-state index contributed by atoms with van der Waals surface area (Å²) in [7, 11) is -1.09. The van der Waals surface area contributed by atoms with Crippen molar-refractivity contribution in [3.8, 4) is 22.9 Å². The molecule has 0 atom stereocenters. The number of hydrogen-bond donors (Lipinski definition) is 1. The van der Waals surface area contributed by atoms with E-state index in [1.165, 1.54) is 25.0 Å². The normalized spacial score (nSPS) is 12.1. The molecule has 3 rings (SSSR count). The first-order chi connectivity index (χ1) is 14.4. The molecule has 0 amide bonds. The van der Waals surface area contributed by atoms with Gasteiger partial charge in [0.25, 0.3) is 0 Å². The minimum Gasteiger partial charge on any atom is -0.506 e. The molecule has 31 heavy (non-hydrogen) atoms. The Labute approximate surface area is 182 Å². The number of methoxy groups -OCH3 is 2. The summed E-state index contributed by atoms with van der Waals surface area (Å²) in [5.41, 5.74) is 1.91. The third kappa shape index (κ3) is 3.85. The van der Waals surface area contributed by atoms with Crippen LogP contribution in [0.3, 0.4) is 0 Å². The van der Waals surface area contributed by atoms with Gasteiger partial charge < -0.3 is 14.6 Å². The van der Waals surface area contributed by atoms with Crippen LogP contribution < -0.4 is 9.47 Å². The predicted octanol–water partition coefficient (Wildman–Crippen LogP) is 3.74. The monoisotopic (exact) mass is 445 g/mol. The third-order valence-corrected chi connectivity index (χ3v) is 7.01. The number of rotatable bonds is 5. The van der Waals surface area contributed by atoms with Crippen LogP contribution in [-0.2, 0) is 15.3 Å². The Bertz CT molecular complexity index is 1240. The molecule has 0 fully saturated rings. The van der Waals surface area contributed by atoms with Gasteiger partial charge in [0.05, 0.1) is 19.9 Å². The van der Waals surface area contributed by atoms with Crippen LogP contribution in [0.4, 0.5) is 0 Å². The van der Waals surface area contributed by atoms with Crippen LogP contribution >= 0.6 is 0 Å². The average molecular weight is 446 g/mol. The van der Waals surface area contributed by atoms with Gasteiger partial charge >= 0.3 is 0 Å². The van der Waals surface area contributed by atoms with E-state index in [1.54, 1.807) is 38.1 Å². The van der Waals surface area contributed by atoms with Gasteiger partial charge in [0, 0.05) is 6.07 Å². The Kier molecular flexibility index (Phi) is 5.75. The van der Waals surface area contributed by atoms with Crippen LogP contribution in [0.1, 0.15) is 37.6 Å². The number of hydrogen-bond acceptors (Lipinski definition) is 7. The second-order valence-corrected chi connectivity index (χ2v) is 10.1. The van der Waals surface area contributed by atoms with Crippen LogP contribution in [0.2, 0.25) is 0 Å². The fourth-order valence-corrected chi connectivity index (χ4v) is 5.05.